The number of hydrogen-bond donors (Lipinski definition) is 2. The fourth-order valence-electron chi connectivity index (χ4n) is 2.90. The second-order valence-corrected chi connectivity index (χ2v) is 7.69. The van der Waals surface area contributed by atoms with E-state index in [1.165, 1.54) is 28.6 Å². The first-order valence-electron chi connectivity index (χ1n) is 8.10. The molecular weight excluding hydrogens is 384 g/mol. The van der Waals surface area contributed by atoms with Gasteiger partial charge in [0.25, 0.3) is 5.69 Å². The largest absolute Gasteiger partial charge is 0.354 e. The van der Waals surface area contributed by atoms with Crippen LogP contribution in [0.4, 0.5) is 5.69 Å². The minimum Gasteiger partial charge on any atom is -0.354 e. The summed E-state index contributed by atoms with van der Waals surface area (Å²) in [4.78, 5) is 21.8. The van der Waals surface area contributed by atoms with Crippen molar-refractivity contribution in [2.24, 2.45) is 5.73 Å². The quantitative estimate of drug-likeness (QED) is 0.512. The van der Waals surface area contributed by atoms with Gasteiger partial charge in [0.1, 0.15) is 0 Å². The number of amides is 1. The van der Waals surface area contributed by atoms with Gasteiger partial charge in [-0.1, -0.05) is 18.6 Å². The van der Waals surface area contributed by atoms with E-state index in [-0.39, 0.29) is 49.3 Å². The molecule has 0 radical (unpaired) electrons. The molecule has 0 aromatic heterocycles. The molecule has 1 aromatic carbocycles. The number of nitro groups is 1. The molecule has 1 saturated heterocycles. The highest BCUT2D eigenvalue weighted by Gasteiger charge is 2.37. The summed E-state index contributed by atoms with van der Waals surface area (Å²) < 4.78 is 27.2. The number of rotatable bonds is 7. The lowest BCUT2D eigenvalue weighted by atomic mass is 10.1. The smallest absolute Gasteiger partial charge is 0.289 e. The predicted molar refractivity (Wildman–Crippen MR) is 98.6 cm³/mol. The molecule has 0 saturated carbocycles. The van der Waals surface area contributed by atoms with Crippen molar-refractivity contribution in [3.8, 4) is 0 Å². The maximum atomic E-state index is 13.0. The number of piperidine rings is 1. The Balaban J connectivity index is 0.00000338. The molecule has 0 spiro atoms. The van der Waals surface area contributed by atoms with Crippen molar-refractivity contribution in [2.45, 2.75) is 36.6 Å². The zero-order chi connectivity index (χ0) is 18.4. The van der Waals surface area contributed by atoms with Crippen molar-refractivity contribution in [2.75, 3.05) is 19.6 Å². The van der Waals surface area contributed by atoms with Gasteiger partial charge in [0.2, 0.25) is 15.9 Å². The molecule has 146 valence electrons. The van der Waals surface area contributed by atoms with E-state index in [4.69, 9.17) is 5.73 Å². The molecule has 0 bridgehead atoms. The summed E-state index contributed by atoms with van der Waals surface area (Å²) in [6.07, 6.45) is 2.26. The topological polar surface area (TPSA) is 136 Å². The van der Waals surface area contributed by atoms with Crippen molar-refractivity contribution in [3.05, 3.63) is 34.4 Å². The van der Waals surface area contributed by atoms with Crippen LogP contribution in [0.25, 0.3) is 0 Å². The molecule has 9 nitrogen and oxygen atoms in total. The second-order valence-electron chi connectivity index (χ2n) is 5.83. The number of nitro benzene ring substituents is 1. The van der Waals surface area contributed by atoms with Gasteiger partial charge in [-0.25, -0.2) is 8.42 Å². The normalized spacial score (nSPS) is 18.0. The van der Waals surface area contributed by atoms with Gasteiger partial charge >= 0.3 is 0 Å². The zero-order valence-electron chi connectivity index (χ0n) is 14.2. The lowest BCUT2D eigenvalue weighted by Gasteiger charge is -2.34. The number of para-hydroxylation sites is 1. The molecule has 1 aromatic rings. The number of benzene rings is 1. The van der Waals surface area contributed by atoms with Crippen LogP contribution < -0.4 is 11.1 Å². The first-order chi connectivity index (χ1) is 11.9. The molecule has 26 heavy (non-hydrogen) atoms. The summed E-state index contributed by atoms with van der Waals surface area (Å²) in [5.74, 6) is -0.240. The van der Waals surface area contributed by atoms with Gasteiger partial charge in [0, 0.05) is 38.2 Å². The molecule has 1 heterocycles. The molecule has 1 aliphatic heterocycles. The van der Waals surface area contributed by atoms with Crippen molar-refractivity contribution in [1.82, 2.24) is 9.62 Å². The number of carbonyl (C=O) groups is 1. The number of nitrogens with two attached hydrogens (primary N) is 1. The Hall–Kier alpha value is -1.75. The maximum Gasteiger partial charge on any atom is 0.289 e. The Labute approximate surface area is 158 Å². The van der Waals surface area contributed by atoms with E-state index >= 15 is 0 Å². The highest BCUT2D eigenvalue weighted by Crippen LogP contribution is 2.30. The first-order valence-corrected chi connectivity index (χ1v) is 9.54. The van der Waals surface area contributed by atoms with Crippen LogP contribution in [-0.2, 0) is 14.8 Å². The molecule has 1 amide bonds. The molecule has 3 N–H and O–H groups in total. The second kappa shape index (κ2) is 9.81. The van der Waals surface area contributed by atoms with E-state index in [1.807, 2.05) is 0 Å². The standard InChI is InChI=1S/C15H22N4O5S.ClH/c16-9-8-15(20)17-11-12-5-3-4-10-18(12)25(23,24)14-7-2-1-6-13(14)19(21)22;/h1-2,6-7,12H,3-5,8-11,16H2,(H,17,20);1H. The van der Waals surface area contributed by atoms with Gasteiger partial charge in [-0.2, -0.15) is 4.31 Å². The molecule has 1 aliphatic rings. The van der Waals surface area contributed by atoms with Crippen molar-refractivity contribution >= 4 is 34.0 Å². The summed E-state index contributed by atoms with van der Waals surface area (Å²) in [6.45, 7) is 0.652. The van der Waals surface area contributed by atoms with E-state index < -0.39 is 26.7 Å². The fourth-order valence-corrected chi connectivity index (χ4v) is 4.75. The van der Waals surface area contributed by atoms with Crippen molar-refractivity contribution in [3.63, 3.8) is 0 Å². The van der Waals surface area contributed by atoms with Gasteiger partial charge in [0.15, 0.2) is 4.90 Å². The van der Waals surface area contributed by atoms with E-state index in [1.54, 1.807) is 0 Å². The maximum absolute atomic E-state index is 13.0. The molecule has 1 atom stereocenters. The summed E-state index contributed by atoms with van der Waals surface area (Å²) >= 11 is 0. The summed E-state index contributed by atoms with van der Waals surface area (Å²) in [5, 5.41) is 13.9. The third-order valence-corrected chi connectivity index (χ3v) is 6.13. The Kier molecular flexibility index (Phi) is 8.41. The highest BCUT2D eigenvalue weighted by molar-refractivity contribution is 7.89. The number of nitrogens with one attached hydrogen (secondary N) is 1. The van der Waals surface area contributed by atoms with E-state index in [9.17, 15) is 23.3 Å². The zero-order valence-corrected chi connectivity index (χ0v) is 15.8. The monoisotopic (exact) mass is 406 g/mol. The van der Waals surface area contributed by atoms with Crippen LogP contribution in [0.3, 0.4) is 0 Å². The minimum absolute atomic E-state index is 0. The Morgan fingerprint density at radius 2 is 2.04 bits per heavy atom. The minimum atomic E-state index is -4.03. The Bertz CT molecular complexity index is 743. The fraction of sp³-hybridized carbons (Fsp3) is 0.533. The third kappa shape index (κ3) is 5.13. The van der Waals surface area contributed by atoms with Crippen LogP contribution >= 0.6 is 12.4 Å². The first kappa shape index (κ1) is 22.3. The lowest BCUT2D eigenvalue weighted by Crippen LogP contribution is -2.49. The molecule has 0 aliphatic carbocycles. The average Bonchev–Trinajstić information content (AvgIpc) is 2.60. The third-order valence-electron chi connectivity index (χ3n) is 4.13. The van der Waals surface area contributed by atoms with Crippen LogP contribution in [0.5, 0.6) is 0 Å². The van der Waals surface area contributed by atoms with Gasteiger partial charge in [-0.3, -0.25) is 14.9 Å². The number of sulfonamides is 1. The predicted octanol–water partition coefficient (Wildman–Crippen LogP) is 1.02. The SMILES string of the molecule is Cl.NCCC(=O)NCC1CCCCN1S(=O)(=O)c1ccccc1[N+](=O)[O-]. The van der Waals surface area contributed by atoms with Gasteiger partial charge in [0.05, 0.1) is 4.92 Å². The number of carbonyl (C=O) groups excluding carboxylic acids is 1. The van der Waals surface area contributed by atoms with Crippen LogP contribution in [0, 0.1) is 10.1 Å². The summed E-state index contributed by atoms with van der Waals surface area (Å²) in [5.41, 5.74) is 4.88. The van der Waals surface area contributed by atoms with E-state index in [2.05, 4.69) is 5.32 Å². The highest BCUT2D eigenvalue weighted by atomic mass is 35.5. The van der Waals surface area contributed by atoms with Gasteiger partial charge < -0.3 is 11.1 Å². The van der Waals surface area contributed by atoms with Crippen molar-refractivity contribution < 1.29 is 18.1 Å². The van der Waals surface area contributed by atoms with Gasteiger partial charge in [-0.05, 0) is 18.9 Å². The van der Waals surface area contributed by atoms with Crippen LogP contribution in [0.15, 0.2) is 29.2 Å². The summed E-state index contributed by atoms with van der Waals surface area (Å²) in [6, 6.07) is 4.88. The van der Waals surface area contributed by atoms with Gasteiger partial charge in [-0.15, -0.1) is 12.4 Å². The Morgan fingerprint density at radius 1 is 1.35 bits per heavy atom. The molecular formula is C15H23ClN4O5S. The molecule has 1 unspecified atom stereocenters. The van der Waals surface area contributed by atoms with Crippen LogP contribution in [-0.4, -0.2) is 49.2 Å². The molecule has 2 rings (SSSR count). The molecule has 11 heteroatoms. The number of nitrogens with zero attached hydrogens (tertiary/aromatic N) is 2. The lowest BCUT2D eigenvalue weighted by molar-refractivity contribution is -0.387. The van der Waals surface area contributed by atoms with Crippen LogP contribution in [0.2, 0.25) is 0 Å². The van der Waals surface area contributed by atoms with Crippen molar-refractivity contribution in [1.29, 1.82) is 0 Å². The average molecular weight is 407 g/mol. The Morgan fingerprint density at radius 3 is 2.69 bits per heavy atom. The van der Waals surface area contributed by atoms with E-state index in [0.717, 1.165) is 6.42 Å². The van der Waals surface area contributed by atoms with E-state index in [0.29, 0.717) is 12.8 Å². The van der Waals surface area contributed by atoms with Crippen LogP contribution in [0.1, 0.15) is 25.7 Å². The summed E-state index contributed by atoms with van der Waals surface area (Å²) in [7, 11) is -4.03. The number of hydrogen-bond acceptors (Lipinski definition) is 6. The molecule has 1 fully saturated rings. The number of halogens is 1.